The molecule has 2 heterocycles. The maximum Gasteiger partial charge on any atom is 0.234 e. The number of aromatic amines is 1. The van der Waals surface area contributed by atoms with E-state index in [2.05, 4.69) is 44.3 Å². The molecule has 0 radical (unpaired) electrons. The summed E-state index contributed by atoms with van der Waals surface area (Å²) in [6, 6.07) is 3.95. The van der Waals surface area contributed by atoms with Gasteiger partial charge in [-0.05, 0) is 52.5 Å². The zero-order valence-corrected chi connectivity index (χ0v) is 16.2. The molecule has 8 nitrogen and oxygen atoms in total. The van der Waals surface area contributed by atoms with Crippen molar-refractivity contribution in [1.29, 1.82) is 5.26 Å². The van der Waals surface area contributed by atoms with Crippen molar-refractivity contribution in [2.45, 2.75) is 63.5 Å². The molecule has 4 rings (SSSR count). The molecule has 0 amide bonds. The average molecular weight is 379 g/mol. The second kappa shape index (κ2) is 7.15. The van der Waals surface area contributed by atoms with Crippen molar-refractivity contribution in [3.8, 4) is 6.07 Å². The van der Waals surface area contributed by atoms with E-state index >= 15 is 0 Å². The van der Waals surface area contributed by atoms with Gasteiger partial charge in [0.05, 0.1) is 0 Å². The predicted molar refractivity (Wildman–Crippen MR) is 105 cm³/mol. The van der Waals surface area contributed by atoms with E-state index in [9.17, 15) is 0 Å². The molecule has 8 heteroatoms. The van der Waals surface area contributed by atoms with Gasteiger partial charge in [-0.1, -0.05) is 0 Å². The van der Waals surface area contributed by atoms with E-state index in [4.69, 9.17) is 10.00 Å². The molecule has 2 aliphatic carbocycles. The number of aryl methyl sites for hydroxylation is 1. The van der Waals surface area contributed by atoms with Crippen molar-refractivity contribution < 1.29 is 4.74 Å². The highest BCUT2D eigenvalue weighted by molar-refractivity contribution is 5.55. The summed E-state index contributed by atoms with van der Waals surface area (Å²) in [5.74, 6) is 2.46. The molecule has 0 aromatic carbocycles. The molecule has 2 saturated carbocycles. The molecule has 2 aromatic heterocycles. The number of ether oxygens (including phenoxy) is 1. The number of rotatable bonds is 7. The van der Waals surface area contributed by atoms with E-state index < -0.39 is 0 Å². The Morgan fingerprint density at radius 1 is 1.43 bits per heavy atom. The summed E-state index contributed by atoms with van der Waals surface area (Å²) in [4.78, 5) is 8.16. The molecular weight excluding hydrogens is 354 g/mol. The molecule has 0 unspecified atom stereocenters. The fourth-order valence-electron chi connectivity index (χ4n) is 3.56. The fraction of sp³-hybridized carbons (Fsp3) is 0.500. The van der Waals surface area contributed by atoms with Gasteiger partial charge in [-0.2, -0.15) is 10.4 Å². The van der Waals surface area contributed by atoms with E-state index in [1.807, 2.05) is 19.1 Å². The first-order valence-corrected chi connectivity index (χ1v) is 9.64. The SMILES string of the molecule is C=C(NC1(C)CC1)O[C@@H]1CC[C@H](c2cc(Nc3nc(C#N)ncc3C)n[nH]2)C1. The monoisotopic (exact) mass is 379 g/mol. The summed E-state index contributed by atoms with van der Waals surface area (Å²) in [5, 5.41) is 23.0. The Labute approximate surface area is 164 Å². The van der Waals surface area contributed by atoms with Crippen molar-refractivity contribution in [3.63, 3.8) is 0 Å². The van der Waals surface area contributed by atoms with Gasteiger partial charge in [0.15, 0.2) is 11.7 Å². The Balaban J connectivity index is 1.34. The van der Waals surface area contributed by atoms with E-state index in [1.54, 1.807) is 6.20 Å². The van der Waals surface area contributed by atoms with Gasteiger partial charge in [-0.25, -0.2) is 9.97 Å². The van der Waals surface area contributed by atoms with E-state index in [1.165, 1.54) is 12.8 Å². The minimum atomic E-state index is 0.133. The largest absolute Gasteiger partial charge is 0.476 e. The van der Waals surface area contributed by atoms with Crippen molar-refractivity contribution in [1.82, 2.24) is 25.5 Å². The summed E-state index contributed by atoms with van der Waals surface area (Å²) in [6.07, 6.45) is 7.13. The lowest BCUT2D eigenvalue weighted by molar-refractivity contribution is 0.102. The molecule has 0 spiro atoms. The zero-order chi connectivity index (χ0) is 19.7. The Kier molecular flexibility index (Phi) is 4.67. The third-order valence-corrected chi connectivity index (χ3v) is 5.49. The molecule has 2 fully saturated rings. The predicted octanol–water partition coefficient (Wildman–Crippen LogP) is 3.39. The van der Waals surface area contributed by atoms with Crippen LogP contribution >= 0.6 is 0 Å². The topological polar surface area (TPSA) is 112 Å². The molecule has 2 atom stereocenters. The highest BCUT2D eigenvalue weighted by atomic mass is 16.5. The number of aromatic nitrogens is 4. The van der Waals surface area contributed by atoms with Gasteiger partial charge in [0.2, 0.25) is 5.82 Å². The van der Waals surface area contributed by atoms with E-state index in [0.29, 0.717) is 23.4 Å². The molecular formula is C20H25N7O. The summed E-state index contributed by atoms with van der Waals surface area (Å²) in [5.41, 5.74) is 2.12. The lowest BCUT2D eigenvalue weighted by Crippen LogP contribution is -2.29. The molecule has 28 heavy (non-hydrogen) atoms. The van der Waals surface area contributed by atoms with Crippen LogP contribution in [0, 0.1) is 18.3 Å². The van der Waals surface area contributed by atoms with Gasteiger partial charge < -0.3 is 15.4 Å². The molecule has 146 valence electrons. The minimum absolute atomic E-state index is 0.133. The molecule has 0 aliphatic heterocycles. The maximum atomic E-state index is 8.97. The fourth-order valence-corrected chi connectivity index (χ4v) is 3.56. The van der Waals surface area contributed by atoms with Crippen molar-refractivity contribution in [2.24, 2.45) is 0 Å². The quantitative estimate of drug-likeness (QED) is 0.632. The first-order chi connectivity index (χ1) is 13.4. The number of anilines is 2. The number of hydrogen-bond donors (Lipinski definition) is 3. The number of H-pyrrole nitrogens is 1. The summed E-state index contributed by atoms with van der Waals surface area (Å²) in [7, 11) is 0. The van der Waals surface area contributed by atoms with Gasteiger partial charge in [-0.15, -0.1) is 0 Å². The molecule has 3 N–H and O–H groups in total. The molecule has 0 bridgehead atoms. The third kappa shape index (κ3) is 4.09. The van der Waals surface area contributed by atoms with Gasteiger partial charge in [0.1, 0.15) is 18.0 Å². The van der Waals surface area contributed by atoms with E-state index in [-0.39, 0.29) is 17.5 Å². The average Bonchev–Trinajstić information content (AvgIpc) is 3.05. The first kappa shape index (κ1) is 18.3. The van der Waals surface area contributed by atoms with Crippen LogP contribution < -0.4 is 10.6 Å². The third-order valence-electron chi connectivity index (χ3n) is 5.49. The maximum absolute atomic E-state index is 8.97. The lowest BCUT2D eigenvalue weighted by atomic mass is 10.0. The lowest BCUT2D eigenvalue weighted by Gasteiger charge is -2.20. The Hall–Kier alpha value is -3.08. The van der Waals surface area contributed by atoms with Crippen LogP contribution in [0.2, 0.25) is 0 Å². The summed E-state index contributed by atoms with van der Waals surface area (Å²) >= 11 is 0. The van der Waals surface area contributed by atoms with Crippen LogP contribution in [0.3, 0.4) is 0 Å². The van der Waals surface area contributed by atoms with Crippen molar-refractivity contribution in [3.05, 3.63) is 41.8 Å². The van der Waals surface area contributed by atoms with Crippen LogP contribution in [0.5, 0.6) is 0 Å². The smallest absolute Gasteiger partial charge is 0.234 e. The molecule has 2 aromatic rings. The second-order valence-corrected chi connectivity index (χ2v) is 8.03. The van der Waals surface area contributed by atoms with Gasteiger partial charge >= 0.3 is 0 Å². The number of nitrogens with one attached hydrogen (secondary N) is 3. The Morgan fingerprint density at radius 3 is 3.00 bits per heavy atom. The number of nitriles is 1. The van der Waals surface area contributed by atoms with Crippen molar-refractivity contribution >= 4 is 11.6 Å². The second-order valence-electron chi connectivity index (χ2n) is 8.03. The van der Waals surface area contributed by atoms with Crippen LogP contribution in [0.4, 0.5) is 11.6 Å². The van der Waals surface area contributed by atoms with Crippen LogP contribution in [-0.4, -0.2) is 31.8 Å². The van der Waals surface area contributed by atoms with Gasteiger partial charge in [0.25, 0.3) is 0 Å². The highest BCUT2D eigenvalue weighted by Gasteiger charge is 2.38. The zero-order valence-electron chi connectivity index (χ0n) is 16.2. The van der Waals surface area contributed by atoms with Crippen LogP contribution in [0.1, 0.15) is 62.0 Å². The molecule has 2 aliphatic rings. The number of hydrogen-bond acceptors (Lipinski definition) is 7. The minimum Gasteiger partial charge on any atom is -0.476 e. The highest BCUT2D eigenvalue weighted by Crippen LogP contribution is 2.38. The Bertz CT molecular complexity index is 925. The number of nitrogens with zero attached hydrogens (tertiary/aromatic N) is 4. The van der Waals surface area contributed by atoms with Crippen LogP contribution in [-0.2, 0) is 4.74 Å². The van der Waals surface area contributed by atoms with Crippen LogP contribution in [0.15, 0.2) is 24.7 Å². The molecule has 0 saturated heterocycles. The normalized spacial score (nSPS) is 22.3. The van der Waals surface area contributed by atoms with Crippen molar-refractivity contribution in [2.75, 3.05) is 5.32 Å². The standard InChI is InChI=1S/C20H25N7O/c1-12-11-22-18(10-21)24-19(12)23-17-9-16(26-27-17)14-4-5-15(8-14)28-13(2)25-20(3)6-7-20/h9,11,14-15,25H,2,4-8H2,1,3H3,(H2,22,23,24,26,27)/t14-,15+/m0/s1. The van der Waals surface area contributed by atoms with Gasteiger partial charge in [0, 0.05) is 35.0 Å². The van der Waals surface area contributed by atoms with E-state index in [0.717, 1.165) is 30.5 Å². The summed E-state index contributed by atoms with van der Waals surface area (Å²) < 4.78 is 6.02. The van der Waals surface area contributed by atoms with Crippen LogP contribution in [0.25, 0.3) is 0 Å². The summed E-state index contributed by atoms with van der Waals surface area (Å²) in [6.45, 7) is 8.10. The first-order valence-electron chi connectivity index (χ1n) is 9.64. The van der Waals surface area contributed by atoms with Gasteiger partial charge in [-0.3, -0.25) is 5.10 Å². The Morgan fingerprint density at radius 2 is 2.25 bits per heavy atom.